The van der Waals surface area contributed by atoms with E-state index in [0.717, 1.165) is 30.8 Å². The third-order valence-electron chi connectivity index (χ3n) is 2.73. The Morgan fingerprint density at radius 3 is 2.75 bits per heavy atom. The summed E-state index contributed by atoms with van der Waals surface area (Å²) in [6.07, 6.45) is 3.95. The van der Waals surface area contributed by atoms with Gasteiger partial charge >= 0.3 is 0 Å². The first-order chi connectivity index (χ1) is 5.71. The van der Waals surface area contributed by atoms with Crippen LogP contribution in [0.2, 0.25) is 0 Å². The maximum Gasteiger partial charge on any atom is 0.0763 e. The van der Waals surface area contributed by atoms with Crippen LogP contribution in [0.25, 0.3) is 0 Å². The van der Waals surface area contributed by atoms with Gasteiger partial charge in [-0.05, 0) is 12.8 Å². The van der Waals surface area contributed by atoms with Gasteiger partial charge < -0.3 is 4.74 Å². The topological polar surface area (TPSA) is 12.5 Å². The monoisotopic (exact) mass is 175 g/mol. The summed E-state index contributed by atoms with van der Waals surface area (Å²) in [7, 11) is 1.50. The van der Waals surface area contributed by atoms with Crippen LogP contribution in [0.5, 0.6) is 0 Å². The molecule has 1 fully saturated rings. The predicted octanol–water partition coefficient (Wildman–Crippen LogP) is 2.15. The summed E-state index contributed by atoms with van der Waals surface area (Å²) >= 11 is 0. The summed E-state index contributed by atoms with van der Waals surface area (Å²) in [5, 5.41) is 0.843. The van der Waals surface area contributed by atoms with Gasteiger partial charge in [-0.25, -0.2) is 0 Å². The van der Waals surface area contributed by atoms with E-state index in [9.17, 15) is 4.48 Å². The zero-order chi connectivity index (χ0) is 9.03. The van der Waals surface area contributed by atoms with Crippen LogP contribution in [0, 0.1) is 0 Å². The molecule has 2 nitrogen and oxygen atoms in total. The highest BCUT2D eigenvalue weighted by Crippen LogP contribution is 2.30. The third-order valence-corrected chi connectivity index (χ3v) is 2.73. The van der Waals surface area contributed by atoms with Gasteiger partial charge in [-0.1, -0.05) is 19.8 Å². The number of ether oxygens (including phenoxy) is 1. The van der Waals surface area contributed by atoms with E-state index in [2.05, 4.69) is 6.92 Å². The molecule has 0 saturated carbocycles. The van der Waals surface area contributed by atoms with Crippen molar-refractivity contribution in [1.82, 2.24) is 5.12 Å². The van der Waals surface area contributed by atoms with Gasteiger partial charge in [0.25, 0.3) is 0 Å². The van der Waals surface area contributed by atoms with E-state index >= 15 is 0 Å². The molecule has 0 aromatic carbocycles. The lowest BCUT2D eigenvalue weighted by Gasteiger charge is -2.30. The Bertz CT molecular complexity index is 132. The fourth-order valence-corrected chi connectivity index (χ4v) is 1.70. The van der Waals surface area contributed by atoms with Gasteiger partial charge in [0.2, 0.25) is 0 Å². The molecule has 1 aliphatic heterocycles. The Morgan fingerprint density at radius 2 is 2.33 bits per heavy atom. The van der Waals surface area contributed by atoms with Gasteiger partial charge in [0.15, 0.2) is 0 Å². The summed E-state index contributed by atoms with van der Waals surface area (Å²) < 4.78 is 18.4. The molecule has 0 aliphatic carbocycles. The average molecular weight is 175 g/mol. The molecule has 1 saturated heterocycles. The quantitative estimate of drug-likeness (QED) is 0.607. The van der Waals surface area contributed by atoms with Gasteiger partial charge in [0, 0.05) is 13.7 Å². The van der Waals surface area contributed by atoms with E-state index in [1.807, 2.05) is 0 Å². The minimum absolute atomic E-state index is 0.310. The molecule has 0 N–H and O–H groups in total. The molecule has 1 rings (SSSR count). The van der Waals surface area contributed by atoms with Gasteiger partial charge in [0.1, 0.15) is 0 Å². The predicted molar refractivity (Wildman–Crippen MR) is 46.6 cm³/mol. The summed E-state index contributed by atoms with van der Waals surface area (Å²) in [5.74, 6) is 0. The van der Waals surface area contributed by atoms with Crippen LogP contribution in [-0.4, -0.2) is 30.9 Å². The summed E-state index contributed by atoms with van der Waals surface area (Å²) in [4.78, 5) is 0. The summed E-state index contributed by atoms with van der Waals surface area (Å²) in [5.41, 5.74) is -0.310. The first-order valence-electron chi connectivity index (χ1n) is 4.68. The van der Waals surface area contributed by atoms with Crippen LogP contribution in [0.1, 0.15) is 32.6 Å². The minimum Gasteiger partial charge on any atom is -0.379 e. The Balaban J connectivity index is 2.47. The molecule has 0 bridgehead atoms. The van der Waals surface area contributed by atoms with Crippen LogP contribution < -0.4 is 0 Å². The Morgan fingerprint density at radius 1 is 1.58 bits per heavy atom. The molecule has 1 heterocycles. The van der Waals surface area contributed by atoms with Crippen molar-refractivity contribution < 1.29 is 9.22 Å². The molecule has 0 spiro atoms. The Kier molecular flexibility index (Phi) is 3.47. The smallest absolute Gasteiger partial charge is 0.0763 e. The number of halogens is 1. The van der Waals surface area contributed by atoms with E-state index < -0.39 is 0 Å². The molecule has 1 aliphatic rings. The Hall–Kier alpha value is -0.150. The lowest BCUT2D eigenvalue weighted by atomic mass is 9.92. The second kappa shape index (κ2) is 4.19. The largest absolute Gasteiger partial charge is 0.379 e. The molecule has 0 aromatic heterocycles. The highest BCUT2D eigenvalue weighted by atomic mass is 19.2. The zero-order valence-corrected chi connectivity index (χ0v) is 7.98. The summed E-state index contributed by atoms with van der Waals surface area (Å²) in [6, 6.07) is 0. The van der Waals surface area contributed by atoms with Crippen LogP contribution in [-0.2, 0) is 4.74 Å². The second-order valence-corrected chi connectivity index (χ2v) is 3.61. The molecule has 12 heavy (non-hydrogen) atoms. The molecule has 3 heteroatoms. The van der Waals surface area contributed by atoms with Crippen LogP contribution in [0.15, 0.2) is 0 Å². The number of hydrogen-bond acceptors (Lipinski definition) is 2. The molecule has 0 aromatic rings. The second-order valence-electron chi connectivity index (χ2n) is 3.61. The van der Waals surface area contributed by atoms with E-state index in [1.54, 1.807) is 0 Å². The van der Waals surface area contributed by atoms with E-state index in [1.165, 1.54) is 7.05 Å². The van der Waals surface area contributed by atoms with Crippen molar-refractivity contribution in [2.75, 3.05) is 20.3 Å². The van der Waals surface area contributed by atoms with Crippen molar-refractivity contribution in [3.8, 4) is 0 Å². The van der Waals surface area contributed by atoms with Crippen LogP contribution in [0.4, 0.5) is 4.48 Å². The Labute approximate surface area is 73.6 Å². The maximum absolute atomic E-state index is 13.1. The van der Waals surface area contributed by atoms with Gasteiger partial charge in [-0.15, -0.1) is 9.60 Å². The number of nitrogens with zero attached hydrogens (tertiary/aromatic N) is 1. The normalized spacial score (nSPS) is 30.0. The lowest BCUT2D eigenvalue weighted by molar-refractivity contribution is -0.0679. The number of unbranched alkanes of at least 4 members (excludes halogenated alkanes) is 1. The van der Waals surface area contributed by atoms with Crippen molar-refractivity contribution in [1.29, 1.82) is 0 Å². The fraction of sp³-hybridized carbons (Fsp3) is 1.00. The van der Waals surface area contributed by atoms with Crippen molar-refractivity contribution in [2.24, 2.45) is 0 Å². The van der Waals surface area contributed by atoms with Crippen LogP contribution >= 0.6 is 0 Å². The van der Waals surface area contributed by atoms with Crippen molar-refractivity contribution in [3.05, 3.63) is 0 Å². The summed E-state index contributed by atoms with van der Waals surface area (Å²) in [6.45, 7) is 3.39. The van der Waals surface area contributed by atoms with Crippen molar-refractivity contribution in [3.63, 3.8) is 0 Å². The minimum atomic E-state index is -0.310. The molecule has 0 amide bonds. The zero-order valence-electron chi connectivity index (χ0n) is 7.98. The molecular formula is C9H18FNO. The van der Waals surface area contributed by atoms with Gasteiger partial charge in [-0.3, -0.25) is 0 Å². The molecule has 0 radical (unpaired) electrons. The fourth-order valence-electron chi connectivity index (χ4n) is 1.70. The molecule has 1 atom stereocenters. The van der Waals surface area contributed by atoms with Crippen molar-refractivity contribution >= 4 is 0 Å². The molecule has 1 unspecified atom stereocenters. The van der Waals surface area contributed by atoms with Gasteiger partial charge in [0.05, 0.1) is 12.1 Å². The standard InChI is InChI=1S/C9H18FNO/c1-3-4-5-9(11(2)10)6-7-12-8-9/h3-8H2,1-2H3. The van der Waals surface area contributed by atoms with E-state index in [0.29, 0.717) is 13.2 Å². The average Bonchev–Trinajstić information content (AvgIpc) is 2.50. The van der Waals surface area contributed by atoms with Crippen LogP contribution in [0.3, 0.4) is 0 Å². The molecular weight excluding hydrogens is 157 g/mol. The first-order valence-corrected chi connectivity index (χ1v) is 4.68. The lowest BCUT2D eigenvalue weighted by Crippen LogP contribution is -2.42. The highest BCUT2D eigenvalue weighted by molar-refractivity contribution is 4.89. The highest BCUT2D eigenvalue weighted by Gasteiger charge is 2.38. The molecule has 72 valence electrons. The number of rotatable bonds is 4. The van der Waals surface area contributed by atoms with E-state index in [4.69, 9.17) is 4.74 Å². The number of likely N-dealkylation sites (N-methyl/N-ethyl adjacent to an activating group) is 1. The first kappa shape index (κ1) is 9.93. The van der Waals surface area contributed by atoms with E-state index in [-0.39, 0.29) is 5.54 Å². The number of hydrogen-bond donors (Lipinski definition) is 0. The third kappa shape index (κ3) is 1.96. The maximum atomic E-state index is 13.1. The van der Waals surface area contributed by atoms with Crippen molar-refractivity contribution in [2.45, 2.75) is 38.1 Å². The van der Waals surface area contributed by atoms with Gasteiger partial charge in [-0.2, -0.15) is 0 Å². The SMILES string of the molecule is CCCCC1(N(C)F)CCOC1.